The molecule has 0 aromatic heterocycles. The van der Waals surface area contributed by atoms with Crippen LogP contribution in [0.4, 0.5) is 0 Å². The van der Waals surface area contributed by atoms with Crippen molar-refractivity contribution >= 4 is 5.91 Å². The molecule has 4 nitrogen and oxygen atoms in total. The lowest BCUT2D eigenvalue weighted by molar-refractivity contribution is -0.122. The van der Waals surface area contributed by atoms with Crippen LogP contribution < -0.4 is 11.1 Å². The van der Waals surface area contributed by atoms with Crippen LogP contribution in [-0.2, 0) is 4.79 Å². The lowest BCUT2D eigenvalue weighted by Crippen LogP contribution is -2.43. The van der Waals surface area contributed by atoms with Crippen molar-refractivity contribution in [2.24, 2.45) is 5.73 Å². The topological polar surface area (TPSA) is 58.4 Å². The van der Waals surface area contributed by atoms with Gasteiger partial charge >= 0.3 is 0 Å². The first kappa shape index (κ1) is 16.7. The van der Waals surface area contributed by atoms with Crippen LogP contribution in [0.25, 0.3) is 0 Å². The Bertz CT molecular complexity index is 416. The molecule has 1 aromatic carbocycles. The summed E-state index contributed by atoms with van der Waals surface area (Å²) in [6, 6.07) is 8.45. The van der Waals surface area contributed by atoms with Crippen LogP contribution in [0, 0.1) is 6.92 Å². The second-order valence-electron chi connectivity index (χ2n) is 5.30. The lowest BCUT2D eigenvalue weighted by atomic mass is 9.96. The van der Waals surface area contributed by atoms with Crippen molar-refractivity contribution in [2.45, 2.75) is 39.3 Å². The second kappa shape index (κ2) is 8.02. The molecule has 1 aromatic rings. The molecule has 0 aliphatic heterocycles. The number of carbonyl (C=O) groups is 1. The molecule has 2 atom stereocenters. The molecular formula is C16H27N3O. The van der Waals surface area contributed by atoms with Crippen LogP contribution in [-0.4, -0.2) is 37.0 Å². The summed E-state index contributed by atoms with van der Waals surface area (Å²) in [6.07, 6.45) is 0.873. The van der Waals surface area contributed by atoms with E-state index in [1.165, 1.54) is 5.56 Å². The number of nitrogens with zero attached hydrogens (tertiary/aromatic N) is 1. The van der Waals surface area contributed by atoms with Gasteiger partial charge in [-0.05, 0) is 32.9 Å². The third kappa shape index (κ3) is 4.62. The van der Waals surface area contributed by atoms with Gasteiger partial charge in [-0.15, -0.1) is 0 Å². The summed E-state index contributed by atoms with van der Waals surface area (Å²) in [5, 5.41) is 2.83. The van der Waals surface area contributed by atoms with Gasteiger partial charge in [0.25, 0.3) is 0 Å². The molecule has 0 spiro atoms. The Morgan fingerprint density at radius 2 is 1.90 bits per heavy atom. The number of rotatable bonds is 7. The van der Waals surface area contributed by atoms with Gasteiger partial charge in [0.05, 0.1) is 12.6 Å². The summed E-state index contributed by atoms with van der Waals surface area (Å²) in [5.41, 5.74) is 8.65. The van der Waals surface area contributed by atoms with Crippen molar-refractivity contribution in [3.8, 4) is 0 Å². The van der Waals surface area contributed by atoms with Crippen LogP contribution in [0.15, 0.2) is 24.3 Å². The van der Waals surface area contributed by atoms with Gasteiger partial charge in [-0.1, -0.05) is 36.8 Å². The van der Waals surface area contributed by atoms with Gasteiger partial charge in [0.15, 0.2) is 0 Å². The van der Waals surface area contributed by atoms with Gasteiger partial charge in [0.1, 0.15) is 0 Å². The maximum atomic E-state index is 11.8. The zero-order valence-corrected chi connectivity index (χ0v) is 13.0. The molecule has 0 fully saturated rings. The molecule has 2 unspecified atom stereocenters. The van der Waals surface area contributed by atoms with Crippen molar-refractivity contribution in [3.05, 3.63) is 35.4 Å². The summed E-state index contributed by atoms with van der Waals surface area (Å²) in [7, 11) is 1.95. The highest BCUT2D eigenvalue weighted by atomic mass is 16.2. The first-order valence-electron chi connectivity index (χ1n) is 7.28. The molecule has 0 saturated carbocycles. The number of aryl methyl sites for hydroxylation is 1. The van der Waals surface area contributed by atoms with E-state index in [2.05, 4.69) is 43.4 Å². The minimum atomic E-state index is 0.0112. The average Bonchev–Trinajstić information content (AvgIpc) is 2.41. The Morgan fingerprint density at radius 1 is 1.30 bits per heavy atom. The summed E-state index contributed by atoms with van der Waals surface area (Å²) >= 11 is 0. The maximum Gasteiger partial charge on any atom is 0.234 e. The normalized spacial score (nSPS) is 14.1. The summed E-state index contributed by atoms with van der Waals surface area (Å²) in [5.74, 6) is 0.0374. The van der Waals surface area contributed by atoms with Crippen molar-refractivity contribution in [3.63, 3.8) is 0 Å². The Balaban J connectivity index is 2.88. The summed E-state index contributed by atoms with van der Waals surface area (Å²) in [4.78, 5) is 13.8. The standard InChI is InChI=1S/C16H27N3O/c1-5-14(17)16(13-9-7-12(3)8-10-13)19(4)11-15(20)18-6-2/h7-10,14,16H,5-6,11,17H2,1-4H3,(H,18,20). The fraction of sp³-hybridized carbons (Fsp3) is 0.562. The zero-order chi connectivity index (χ0) is 15.1. The minimum Gasteiger partial charge on any atom is -0.355 e. The van der Waals surface area contributed by atoms with Crippen molar-refractivity contribution in [2.75, 3.05) is 20.1 Å². The predicted molar refractivity (Wildman–Crippen MR) is 83.5 cm³/mol. The molecule has 0 aliphatic rings. The third-order valence-corrected chi connectivity index (χ3v) is 3.54. The molecule has 20 heavy (non-hydrogen) atoms. The number of nitrogens with one attached hydrogen (secondary N) is 1. The van der Waals surface area contributed by atoms with Gasteiger partial charge in [-0.3, -0.25) is 9.69 Å². The van der Waals surface area contributed by atoms with E-state index in [0.29, 0.717) is 13.1 Å². The average molecular weight is 277 g/mol. The smallest absolute Gasteiger partial charge is 0.234 e. The van der Waals surface area contributed by atoms with Gasteiger partial charge in [0.2, 0.25) is 5.91 Å². The highest BCUT2D eigenvalue weighted by Crippen LogP contribution is 2.24. The monoisotopic (exact) mass is 277 g/mol. The SMILES string of the molecule is CCNC(=O)CN(C)C(c1ccc(C)cc1)C(N)CC. The third-order valence-electron chi connectivity index (χ3n) is 3.54. The molecule has 0 saturated heterocycles. The summed E-state index contributed by atoms with van der Waals surface area (Å²) < 4.78 is 0. The van der Waals surface area contributed by atoms with Crippen LogP contribution in [0.5, 0.6) is 0 Å². The second-order valence-corrected chi connectivity index (χ2v) is 5.30. The van der Waals surface area contributed by atoms with E-state index in [0.717, 1.165) is 12.0 Å². The van der Waals surface area contributed by atoms with Crippen LogP contribution in [0.3, 0.4) is 0 Å². The number of amides is 1. The molecule has 0 aliphatic carbocycles. The predicted octanol–water partition coefficient (Wildman–Crippen LogP) is 1.84. The lowest BCUT2D eigenvalue weighted by Gasteiger charge is -2.32. The molecule has 3 N–H and O–H groups in total. The van der Waals surface area contributed by atoms with E-state index in [1.807, 2.05) is 18.9 Å². The molecule has 1 amide bonds. The molecule has 0 bridgehead atoms. The van der Waals surface area contributed by atoms with E-state index in [-0.39, 0.29) is 18.0 Å². The summed E-state index contributed by atoms with van der Waals surface area (Å²) in [6.45, 7) is 7.08. The highest BCUT2D eigenvalue weighted by molar-refractivity contribution is 5.77. The minimum absolute atomic E-state index is 0.0112. The van der Waals surface area contributed by atoms with Gasteiger partial charge < -0.3 is 11.1 Å². The number of likely N-dealkylation sites (N-methyl/N-ethyl adjacent to an activating group) is 2. The quantitative estimate of drug-likeness (QED) is 0.799. The first-order chi connectivity index (χ1) is 9.49. The van der Waals surface area contributed by atoms with Crippen molar-refractivity contribution in [1.82, 2.24) is 10.2 Å². The van der Waals surface area contributed by atoms with Crippen LogP contribution >= 0.6 is 0 Å². The molecule has 0 radical (unpaired) electrons. The number of hydrogen-bond donors (Lipinski definition) is 2. The molecule has 0 heterocycles. The number of benzene rings is 1. The number of carbonyl (C=O) groups excluding carboxylic acids is 1. The Kier molecular flexibility index (Phi) is 6.68. The number of nitrogens with two attached hydrogens (primary N) is 1. The van der Waals surface area contributed by atoms with E-state index in [1.54, 1.807) is 0 Å². The Morgan fingerprint density at radius 3 is 2.40 bits per heavy atom. The van der Waals surface area contributed by atoms with E-state index in [4.69, 9.17) is 5.73 Å². The maximum absolute atomic E-state index is 11.8. The van der Waals surface area contributed by atoms with E-state index < -0.39 is 0 Å². The van der Waals surface area contributed by atoms with E-state index >= 15 is 0 Å². The largest absolute Gasteiger partial charge is 0.355 e. The Hall–Kier alpha value is -1.39. The van der Waals surface area contributed by atoms with Crippen LogP contribution in [0.1, 0.15) is 37.4 Å². The molecular weight excluding hydrogens is 250 g/mol. The first-order valence-corrected chi connectivity index (χ1v) is 7.28. The Labute approximate surface area is 122 Å². The van der Waals surface area contributed by atoms with Crippen molar-refractivity contribution < 1.29 is 4.79 Å². The zero-order valence-electron chi connectivity index (χ0n) is 13.0. The van der Waals surface area contributed by atoms with E-state index in [9.17, 15) is 4.79 Å². The fourth-order valence-electron chi connectivity index (χ4n) is 2.39. The molecule has 112 valence electrons. The number of hydrogen-bond acceptors (Lipinski definition) is 3. The fourth-order valence-corrected chi connectivity index (χ4v) is 2.39. The van der Waals surface area contributed by atoms with Crippen LogP contribution in [0.2, 0.25) is 0 Å². The molecule has 1 rings (SSSR count). The highest BCUT2D eigenvalue weighted by Gasteiger charge is 2.24. The van der Waals surface area contributed by atoms with Gasteiger partial charge in [0, 0.05) is 12.6 Å². The van der Waals surface area contributed by atoms with Gasteiger partial charge in [-0.25, -0.2) is 0 Å². The van der Waals surface area contributed by atoms with Crippen molar-refractivity contribution in [1.29, 1.82) is 0 Å². The molecule has 4 heteroatoms. The van der Waals surface area contributed by atoms with Gasteiger partial charge in [-0.2, -0.15) is 0 Å².